The summed E-state index contributed by atoms with van der Waals surface area (Å²) in [5, 5.41) is 9.04. The van der Waals surface area contributed by atoms with Crippen molar-refractivity contribution in [3.8, 4) is 22.3 Å². The molecule has 0 spiro atoms. The van der Waals surface area contributed by atoms with E-state index in [-0.39, 0.29) is 0 Å². The Morgan fingerprint density at radius 1 is 0.562 bits per heavy atom. The molecule has 4 aromatic rings. The molecule has 0 fully saturated rings. The number of hydrogen-bond acceptors (Lipinski definition) is 8. The lowest BCUT2D eigenvalue weighted by Crippen LogP contribution is -2.09. The van der Waals surface area contributed by atoms with Crippen LogP contribution in [0.25, 0.3) is 22.3 Å². The smallest absolute Gasteiger partial charge is 0.119 e. The van der Waals surface area contributed by atoms with Gasteiger partial charge in [-0.3, -0.25) is 5.84 Å². The van der Waals surface area contributed by atoms with Crippen molar-refractivity contribution in [2.24, 2.45) is 16.1 Å². The monoisotopic (exact) mass is 424 g/mol. The van der Waals surface area contributed by atoms with Crippen LogP contribution in [0, 0.1) is 0 Å². The highest BCUT2D eigenvalue weighted by atomic mass is 15.2. The minimum absolute atomic E-state index is 0.378. The van der Waals surface area contributed by atoms with Gasteiger partial charge in [0.25, 0.3) is 0 Å². The Morgan fingerprint density at radius 3 is 1.69 bits per heavy atom. The average molecular weight is 425 g/mol. The average Bonchev–Trinajstić information content (AvgIpc) is 2.79. The Balaban J connectivity index is 1.84. The second-order valence-electron chi connectivity index (χ2n) is 7.29. The fraction of sp³-hybridized carbons (Fsp3) is 0. The third-order valence-corrected chi connectivity index (χ3v) is 5.10. The van der Waals surface area contributed by atoms with Gasteiger partial charge in [0.1, 0.15) is 5.69 Å². The van der Waals surface area contributed by atoms with Crippen LogP contribution in [0.4, 0.5) is 39.8 Å². The van der Waals surface area contributed by atoms with Crippen molar-refractivity contribution >= 4 is 39.8 Å². The van der Waals surface area contributed by atoms with Crippen molar-refractivity contribution in [3.63, 3.8) is 0 Å². The molecule has 0 radical (unpaired) electrons. The molecule has 160 valence electrons. The van der Waals surface area contributed by atoms with E-state index < -0.39 is 0 Å². The maximum absolute atomic E-state index is 6.36. The predicted octanol–water partition coefficient (Wildman–Crippen LogP) is 5.05. The molecular formula is C24H24N8. The molecule has 0 saturated carbocycles. The third kappa shape index (κ3) is 4.16. The fourth-order valence-electron chi connectivity index (χ4n) is 3.38. The number of nitrogen functional groups attached to an aromatic ring is 5. The van der Waals surface area contributed by atoms with Crippen molar-refractivity contribution in [3.05, 3.63) is 78.9 Å². The summed E-state index contributed by atoms with van der Waals surface area (Å²) in [5.41, 5.74) is 34.1. The number of nitrogens with one attached hydrogen (secondary N) is 1. The van der Waals surface area contributed by atoms with Gasteiger partial charge in [-0.1, -0.05) is 30.3 Å². The van der Waals surface area contributed by atoms with Gasteiger partial charge in [-0.2, -0.15) is 0 Å². The molecule has 0 bridgehead atoms. The fourth-order valence-corrected chi connectivity index (χ4v) is 3.38. The van der Waals surface area contributed by atoms with Crippen LogP contribution in [0.1, 0.15) is 0 Å². The first-order chi connectivity index (χ1) is 15.5. The summed E-state index contributed by atoms with van der Waals surface area (Å²) in [7, 11) is 0. The first kappa shape index (κ1) is 20.7. The second kappa shape index (κ2) is 8.66. The normalized spacial score (nSPS) is 11.0. The highest BCUT2D eigenvalue weighted by Gasteiger charge is 2.13. The molecule has 4 rings (SSSR count). The van der Waals surface area contributed by atoms with Crippen LogP contribution in [0.15, 0.2) is 89.1 Å². The Kier molecular flexibility index (Phi) is 5.61. The molecule has 8 heteroatoms. The molecule has 0 atom stereocenters. The standard InChI is InChI=1S/C24H24N8/c25-16-5-1-14(2-6-16)19-10-9-18(27)13-22(19)31-32-24-20(11-12-21(30-29)23(24)28)15-3-7-17(26)8-4-15/h1-13,30H,25-29H2. The number of benzene rings is 4. The Bertz CT molecular complexity index is 1280. The van der Waals surface area contributed by atoms with E-state index in [4.69, 9.17) is 28.8 Å². The molecule has 32 heavy (non-hydrogen) atoms. The zero-order valence-electron chi connectivity index (χ0n) is 17.3. The van der Waals surface area contributed by atoms with Crippen LogP contribution in [-0.2, 0) is 0 Å². The minimum atomic E-state index is 0.378. The highest BCUT2D eigenvalue weighted by Crippen LogP contribution is 2.41. The van der Waals surface area contributed by atoms with Crippen molar-refractivity contribution in [1.82, 2.24) is 0 Å². The first-order valence-electron chi connectivity index (χ1n) is 9.88. The molecule has 0 aliphatic heterocycles. The molecule has 0 aliphatic rings. The lowest BCUT2D eigenvalue weighted by molar-refractivity contribution is 1.23. The number of anilines is 5. The number of hydrazine groups is 1. The maximum atomic E-state index is 6.36. The van der Waals surface area contributed by atoms with Gasteiger partial charge < -0.3 is 28.4 Å². The molecule has 0 aliphatic carbocycles. The van der Waals surface area contributed by atoms with Gasteiger partial charge in [-0.05, 0) is 59.7 Å². The van der Waals surface area contributed by atoms with Crippen molar-refractivity contribution in [2.75, 3.05) is 28.4 Å². The molecule has 8 nitrogen and oxygen atoms in total. The van der Waals surface area contributed by atoms with E-state index in [0.717, 1.165) is 22.3 Å². The van der Waals surface area contributed by atoms with E-state index in [9.17, 15) is 0 Å². The minimum Gasteiger partial charge on any atom is -0.399 e. The summed E-state index contributed by atoms with van der Waals surface area (Å²) in [6.45, 7) is 0. The van der Waals surface area contributed by atoms with E-state index >= 15 is 0 Å². The molecule has 4 aromatic carbocycles. The van der Waals surface area contributed by atoms with E-state index in [1.807, 2.05) is 66.7 Å². The zero-order valence-corrected chi connectivity index (χ0v) is 17.3. The lowest BCUT2D eigenvalue weighted by atomic mass is 10.0. The molecule has 0 saturated heterocycles. The SMILES string of the molecule is NNc1ccc(-c2ccc(N)cc2)c(N=Nc2cc(N)ccc2-c2ccc(N)cc2)c1N. The van der Waals surface area contributed by atoms with Gasteiger partial charge in [0.15, 0.2) is 0 Å². The summed E-state index contributed by atoms with van der Waals surface area (Å²) in [6, 6.07) is 24.1. The van der Waals surface area contributed by atoms with Crippen LogP contribution in [0.3, 0.4) is 0 Å². The quantitative estimate of drug-likeness (QED) is 0.113. The third-order valence-electron chi connectivity index (χ3n) is 5.10. The van der Waals surface area contributed by atoms with Gasteiger partial charge in [0, 0.05) is 28.2 Å². The molecule has 0 heterocycles. The van der Waals surface area contributed by atoms with Crippen molar-refractivity contribution in [2.45, 2.75) is 0 Å². The summed E-state index contributed by atoms with van der Waals surface area (Å²) >= 11 is 0. The maximum Gasteiger partial charge on any atom is 0.119 e. The summed E-state index contributed by atoms with van der Waals surface area (Å²) < 4.78 is 0. The number of rotatable bonds is 5. The van der Waals surface area contributed by atoms with Crippen LogP contribution >= 0.6 is 0 Å². The summed E-state index contributed by atoms with van der Waals surface area (Å²) in [4.78, 5) is 0. The van der Waals surface area contributed by atoms with Crippen LogP contribution in [-0.4, -0.2) is 0 Å². The van der Waals surface area contributed by atoms with Gasteiger partial charge in [0.05, 0.1) is 17.1 Å². The Hall–Kier alpha value is -4.56. The van der Waals surface area contributed by atoms with Gasteiger partial charge >= 0.3 is 0 Å². The van der Waals surface area contributed by atoms with Gasteiger partial charge in [0.2, 0.25) is 0 Å². The molecule has 0 aromatic heterocycles. The van der Waals surface area contributed by atoms with Crippen molar-refractivity contribution in [1.29, 1.82) is 0 Å². The van der Waals surface area contributed by atoms with E-state index in [2.05, 4.69) is 15.7 Å². The van der Waals surface area contributed by atoms with Crippen LogP contribution in [0.2, 0.25) is 0 Å². The molecule has 0 amide bonds. The van der Waals surface area contributed by atoms with E-state index in [1.54, 1.807) is 12.1 Å². The number of nitrogens with two attached hydrogens (primary N) is 5. The Morgan fingerprint density at radius 2 is 1.09 bits per heavy atom. The second-order valence-corrected chi connectivity index (χ2v) is 7.29. The predicted molar refractivity (Wildman–Crippen MR) is 133 cm³/mol. The van der Waals surface area contributed by atoms with Crippen LogP contribution in [0.5, 0.6) is 0 Å². The number of azo groups is 1. The highest BCUT2D eigenvalue weighted by molar-refractivity contribution is 5.91. The number of hydrogen-bond donors (Lipinski definition) is 6. The summed E-state index contributed by atoms with van der Waals surface area (Å²) in [6.07, 6.45) is 0. The molecular weight excluding hydrogens is 400 g/mol. The zero-order chi connectivity index (χ0) is 22.7. The van der Waals surface area contributed by atoms with Crippen LogP contribution < -0.4 is 34.2 Å². The van der Waals surface area contributed by atoms with Crippen molar-refractivity contribution < 1.29 is 0 Å². The van der Waals surface area contributed by atoms with Gasteiger partial charge in [-0.15, -0.1) is 10.2 Å². The Labute approximate surface area is 185 Å². The first-order valence-corrected chi connectivity index (χ1v) is 9.88. The van der Waals surface area contributed by atoms with Gasteiger partial charge in [-0.25, -0.2) is 0 Å². The molecule has 11 N–H and O–H groups in total. The number of nitrogens with zero attached hydrogens (tertiary/aromatic N) is 2. The topological polar surface area (TPSA) is 167 Å². The lowest BCUT2D eigenvalue weighted by Gasteiger charge is -2.13. The largest absolute Gasteiger partial charge is 0.399 e. The summed E-state index contributed by atoms with van der Waals surface area (Å²) in [5.74, 6) is 5.62. The van der Waals surface area contributed by atoms with E-state index in [0.29, 0.717) is 39.8 Å². The molecule has 0 unspecified atom stereocenters. The van der Waals surface area contributed by atoms with E-state index in [1.165, 1.54) is 0 Å².